The van der Waals surface area contributed by atoms with E-state index in [9.17, 15) is 13.2 Å². The van der Waals surface area contributed by atoms with Crippen LogP contribution in [0.5, 0.6) is 0 Å². The van der Waals surface area contributed by atoms with Crippen LogP contribution >= 0.6 is 11.6 Å². The van der Waals surface area contributed by atoms with Gasteiger partial charge >= 0.3 is 0 Å². The van der Waals surface area contributed by atoms with Crippen LogP contribution in [-0.2, 0) is 14.6 Å². The summed E-state index contributed by atoms with van der Waals surface area (Å²) in [5.41, 5.74) is 0. The Labute approximate surface area is 132 Å². The van der Waals surface area contributed by atoms with E-state index in [0.717, 1.165) is 0 Å². The second-order valence-electron chi connectivity index (χ2n) is 5.23. The number of hydrogen-bond donors (Lipinski definition) is 1. The fraction of sp³-hybridized carbons (Fsp3) is 0.286. The SMILES string of the molecule is Cc1cc(NC(=O)C2(S(=O)(=O)c3ccc(Cl)cc3)CC2)no1. The Morgan fingerprint density at radius 2 is 1.95 bits per heavy atom. The molecule has 116 valence electrons. The minimum Gasteiger partial charge on any atom is -0.360 e. The van der Waals surface area contributed by atoms with Crippen molar-refractivity contribution >= 4 is 33.2 Å². The maximum absolute atomic E-state index is 12.7. The van der Waals surface area contributed by atoms with Crippen molar-refractivity contribution in [3.05, 3.63) is 41.1 Å². The Hall–Kier alpha value is -1.86. The lowest BCUT2D eigenvalue weighted by Gasteiger charge is -2.15. The maximum atomic E-state index is 12.7. The molecule has 1 saturated carbocycles. The molecule has 0 spiro atoms. The maximum Gasteiger partial charge on any atom is 0.247 e. The molecule has 22 heavy (non-hydrogen) atoms. The van der Waals surface area contributed by atoms with E-state index in [0.29, 0.717) is 10.8 Å². The lowest BCUT2D eigenvalue weighted by atomic mass is 10.3. The molecule has 2 aromatic rings. The van der Waals surface area contributed by atoms with Crippen LogP contribution in [0.3, 0.4) is 0 Å². The first kappa shape index (κ1) is 15.1. The van der Waals surface area contributed by atoms with Gasteiger partial charge in [-0.25, -0.2) is 8.42 Å². The fourth-order valence-electron chi connectivity index (χ4n) is 2.23. The highest BCUT2D eigenvalue weighted by Gasteiger charge is 2.61. The lowest BCUT2D eigenvalue weighted by Crippen LogP contribution is -2.37. The first-order valence-corrected chi connectivity index (χ1v) is 8.46. The largest absolute Gasteiger partial charge is 0.360 e. The smallest absolute Gasteiger partial charge is 0.247 e. The molecular formula is C14H13ClN2O4S. The number of sulfone groups is 1. The summed E-state index contributed by atoms with van der Waals surface area (Å²) in [7, 11) is -3.79. The minimum absolute atomic E-state index is 0.0842. The van der Waals surface area contributed by atoms with E-state index < -0.39 is 20.5 Å². The van der Waals surface area contributed by atoms with Gasteiger partial charge in [-0.1, -0.05) is 16.8 Å². The Kier molecular flexibility index (Phi) is 3.49. The van der Waals surface area contributed by atoms with Crippen molar-refractivity contribution in [2.45, 2.75) is 29.4 Å². The molecule has 8 heteroatoms. The molecule has 1 aliphatic rings. The molecule has 1 aliphatic carbocycles. The molecule has 0 bridgehead atoms. The van der Waals surface area contributed by atoms with Crippen LogP contribution in [0.4, 0.5) is 5.82 Å². The first-order chi connectivity index (χ1) is 10.3. The highest BCUT2D eigenvalue weighted by molar-refractivity contribution is 7.94. The van der Waals surface area contributed by atoms with Crippen LogP contribution in [-0.4, -0.2) is 24.2 Å². The Morgan fingerprint density at radius 1 is 1.32 bits per heavy atom. The number of carbonyl (C=O) groups is 1. The molecule has 0 radical (unpaired) electrons. The summed E-state index contributed by atoms with van der Waals surface area (Å²) in [6.45, 7) is 1.68. The normalized spacial score (nSPS) is 16.3. The number of halogens is 1. The van der Waals surface area contributed by atoms with Crippen molar-refractivity contribution in [3.63, 3.8) is 0 Å². The average molecular weight is 341 g/mol. The summed E-state index contributed by atoms with van der Waals surface area (Å²) in [6, 6.07) is 7.33. The second-order valence-corrected chi connectivity index (χ2v) is 7.92. The summed E-state index contributed by atoms with van der Waals surface area (Å²) >= 11 is 5.77. The van der Waals surface area contributed by atoms with E-state index >= 15 is 0 Å². The van der Waals surface area contributed by atoms with Crippen LogP contribution in [0.2, 0.25) is 5.02 Å². The van der Waals surface area contributed by atoms with Crippen molar-refractivity contribution in [2.24, 2.45) is 0 Å². The third-order valence-electron chi connectivity index (χ3n) is 3.63. The summed E-state index contributed by atoms with van der Waals surface area (Å²) < 4.78 is 28.8. The van der Waals surface area contributed by atoms with Crippen molar-refractivity contribution in [3.8, 4) is 0 Å². The highest BCUT2D eigenvalue weighted by atomic mass is 35.5. The quantitative estimate of drug-likeness (QED) is 0.924. The lowest BCUT2D eigenvalue weighted by molar-refractivity contribution is -0.116. The Morgan fingerprint density at radius 3 is 2.45 bits per heavy atom. The molecule has 1 N–H and O–H groups in total. The Balaban J connectivity index is 1.89. The van der Waals surface area contributed by atoms with Crippen molar-refractivity contribution < 1.29 is 17.7 Å². The fourth-order valence-corrected chi connectivity index (χ4v) is 4.23. The molecule has 1 aromatic carbocycles. The van der Waals surface area contributed by atoms with Gasteiger partial charge in [-0.3, -0.25) is 4.79 Å². The minimum atomic E-state index is -3.79. The number of benzene rings is 1. The molecular weight excluding hydrogens is 328 g/mol. The van der Waals surface area contributed by atoms with Gasteiger partial charge in [-0.05, 0) is 44.0 Å². The van der Waals surface area contributed by atoms with Crippen molar-refractivity contribution in [2.75, 3.05) is 5.32 Å². The number of nitrogens with zero attached hydrogens (tertiary/aromatic N) is 1. The van der Waals surface area contributed by atoms with E-state index in [1.54, 1.807) is 6.92 Å². The van der Waals surface area contributed by atoms with E-state index in [4.69, 9.17) is 16.1 Å². The summed E-state index contributed by atoms with van der Waals surface area (Å²) in [5, 5.41) is 6.58. The van der Waals surface area contributed by atoms with Crippen LogP contribution in [0.25, 0.3) is 0 Å². The number of carbonyl (C=O) groups excluding carboxylic acids is 1. The molecule has 3 rings (SSSR count). The summed E-state index contributed by atoms with van der Waals surface area (Å²) in [6.07, 6.45) is 0.557. The number of nitrogens with one attached hydrogen (secondary N) is 1. The third kappa shape index (κ3) is 2.40. The van der Waals surface area contributed by atoms with E-state index in [1.165, 1.54) is 30.3 Å². The van der Waals surface area contributed by atoms with Gasteiger partial charge < -0.3 is 9.84 Å². The first-order valence-electron chi connectivity index (χ1n) is 6.60. The summed E-state index contributed by atoms with van der Waals surface area (Å²) in [4.78, 5) is 12.5. The molecule has 0 aliphatic heterocycles. The number of aromatic nitrogens is 1. The van der Waals surface area contributed by atoms with Crippen LogP contribution < -0.4 is 5.32 Å². The van der Waals surface area contributed by atoms with E-state index in [2.05, 4.69) is 10.5 Å². The van der Waals surface area contributed by atoms with Gasteiger partial charge in [0.25, 0.3) is 0 Å². The monoisotopic (exact) mass is 340 g/mol. The number of anilines is 1. The van der Waals surface area contributed by atoms with Gasteiger partial charge in [-0.15, -0.1) is 0 Å². The van der Waals surface area contributed by atoms with Crippen LogP contribution in [0, 0.1) is 6.92 Å². The Bertz CT molecular complexity index is 823. The molecule has 0 unspecified atom stereocenters. The van der Waals surface area contributed by atoms with Gasteiger partial charge in [0, 0.05) is 11.1 Å². The third-order valence-corrected chi connectivity index (χ3v) is 6.39. The van der Waals surface area contributed by atoms with Gasteiger partial charge in [0.1, 0.15) is 5.76 Å². The van der Waals surface area contributed by atoms with Gasteiger partial charge in [0.05, 0.1) is 4.90 Å². The molecule has 0 saturated heterocycles. The number of rotatable bonds is 4. The number of amides is 1. The molecule has 1 heterocycles. The van der Waals surface area contributed by atoms with Crippen molar-refractivity contribution in [1.29, 1.82) is 0 Å². The second kappa shape index (κ2) is 5.10. The van der Waals surface area contributed by atoms with Crippen molar-refractivity contribution in [1.82, 2.24) is 5.16 Å². The van der Waals surface area contributed by atoms with Gasteiger partial charge in [-0.2, -0.15) is 0 Å². The van der Waals surface area contributed by atoms with Gasteiger partial charge in [0.2, 0.25) is 5.91 Å². The zero-order valence-electron chi connectivity index (χ0n) is 11.7. The molecule has 1 aromatic heterocycles. The highest BCUT2D eigenvalue weighted by Crippen LogP contribution is 2.47. The molecule has 6 nitrogen and oxygen atoms in total. The van der Waals surface area contributed by atoms with E-state index in [-0.39, 0.29) is 23.6 Å². The topological polar surface area (TPSA) is 89.3 Å². The predicted octanol–water partition coefficient (Wildman–Crippen LogP) is 2.58. The molecule has 1 amide bonds. The summed E-state index contributed by atoms with van der Waals surface area (Å²) in [5.74, 6) is 0.150. The number of hydrogen-bond acceptors (Lipinski definition) is 5. The van der Waals surface area contributed by atoms with Gasteiger partial charge in [0.15, 0.2) is 20.4 Å². The zero-order chi connectivity index (χ0) is 16.0. The standard InChI is InChI=1S/C14H13ClN2O4S/c1-9-8-12(17-21-9)16-13(18)14(6-7-14)22(19,20)11-4-2-10(15)3-5-11/h2-5,8H,6-7H2,1H3,(H,16,17,18). The van der Waals surface area contributed by atoms with Crippen LogP contribution in [0.15, 0.2) is 39.8 Å². The molecule has 1 fully saturated rings. The average Bonchev–Trinajstić information content (AvgIpc) is 3.20. The predicted molar refractivity (Wildman–Crippen MR) is 80.5 cm³/mol. The zero-order valence-corrected chi connectivity index (χ0v) is 13.2. The van der Waals surface area contributed by atoms with E-state index in [1.807, 2.05) is 0 Å². The van der Waals surface area contributed by atoms with Crippen LogP contribution in [0.1, 0.15) is 18.6 Å². The number of aryl methyl sites for hydroxylation is 1. The molecule has 0 atom stereocenters.